The fourth-order valence-corrected chi connectivity index (χ4v) is 3.69. The second-order valence-corrected chi connectivity index (χ2v) is 6.69. The van der Waals surface area contributed by atoms with Crippen molar-refractivity contribution in [1.29, 1.82) is 0 Å². The lowest BCUT2D eigenvalue weighted by Crippen LogP contribution is -2.46. The zero-order valence-electron chi connectivity index (χ0n) is 14.4. The van der Waals surface area contributed by atoms with E-state index in [-0.39, 0.29) is 12.1 Å². The van der Waals surface area contributed by atoms with Gasteiger partial charge >= 0.3 is 6.03 Å². The van der Waals surface area contributed by atoms with Gasteiger partial charge in [0.1, 0.15) is 0 Å². The third kappa shape index (κ3) is 3.24. The van der Waals surface area contributed by atoms with Gasteiger partial charge in [-0.3, -0.25) is 4.90 Å². The Hall–Kier alpha value is -2.41. The van der Waals surface area contributed by atoms with Gasteiger partial charge in [-0.05, 0) is 19.8 Å². The molecule has 0 aliphatic carbocycles. The summed E-state index contributed by atoms with van der Waals surface area (Å²) in [6.45, 7) is 5.55. The minimum Gasteiger partial charge on any atom is -0.337 e. The number of benzene rings is 1. The summed E-state index contributed by atoms with van der Waals surface area (Å²) in [5.41, 5.74) is 0.962. The molecule has 2 aromatic rings. The molecule has 2 aliphatic rings. The maximum absolute atomic E-state index is 11.8. The van der Waals surface area contributed by atoms with Crippen molar-refractivity contribution in [3.8, 4) is 11.4 Å². The van der Waals surface area contributed by atoms with Crippen molar-refractivity contribution in [2.45, 2.75) is 31.8 Å². The van der Waals surface area contributed by atoms with Crippen LogP contribution in [0.3, 0.4) is 0 Å². The molecule has 2 amide bonds. The van der Waals surface area contributed by atoms with Crippen molar-refractivity contribution >= 4 is 6.03 Å². The van der Waals surface area contributed by atoms with E-state index in [0.717, 1.165) is 44.6 Å². The predicted octanol–water partition coefficient (Wildman–Crippen LogP) is 2.29. The summed E-state index contributed by atoms with van der Waals surface area (Å²) in [6, 6.07) is 10.4. The highest BCUT2D eigenvalue weighted by molar-refractivity contribution is 5.76. The van der Waals surface area contributed by atoms with Crippen molar-refractivity contribution in [1.82, 2.24) is 25.3 Å². The van der Waals surface area contributed by atoms with Crippen LogP contribution in [0.4, 0.5) is 4.79 Å². The fourth-order valence-electron chi connectivity index (χ4n) is 3.69. The number of urea groups is 1. The number of nitrogens with zero attached hydrogens (tertiary/aromatic N) is 4. The van der Waals surface area contributed by atoms with Gasteiger partial charge in [0.25, 0.3) is 0 Å². The largest absolute Gasteiger partial charge is 0.337 e. The van der Waals surface area contributed by atoms with Gasteiger partial charge < -0.3 is 14.7 Å². The monoisotopic (exact) mass is 341 g/mol. The summed E-state index contributed by atoms with van der Waals surface area (Å²) in [5.74, 6) is 1.28. The standard InChI is InChI=1S/C18H23N5O2/c1-13(17-20-16(21-25-17)14-5-3-2-4-6-14)22-10-7-15(8-11-22)23-12-9-19-18(23)24/h2-6,13,15H,7-12H2,1H3,(H,19,24). The lowest BCUT2D eigenvalue weighted by Gasteiger charge is -2.37. The minimum atomic E-state index is 0.0795. The van der Waals surface area contributed by atoms with E-state index >= 15 is 0 Å². The van der Waals surface area contributed by atoms with E-state index in [1.54, 1.807) is 0 Å². The summed E-state index contributed by atoms with van der Waals surface area (Å²) in [5, 5.41) is 7.00. The zero-order chi connectivity index (χ0) is 17.2. The Morgan fingerprint density at radius 3 is 2.64 bits per heavy atom. The Kier molecular flexibility index (Phi) is 4.40. The quantitative estimate of drug-likeness (QED) is 0.923. The van der Waals surface area contributed by atoms with Crippen molar-refractivity contribution in [2.24, 2.45) is 0 Å². The van der Waals surface area contributed by atoms with Crippen LogP contribution in [0.25, 0.3) is 11.4 Å². The SMILES string of the molecule is CC(c1nc(-c2ccccc2)no1)N1CCC(N2CCNC2=O)CC1. The van der Waals surface area contributed by atoms with Crippen molar-refractivity contribution in [2.75, 3.05) is 26.2 Å². The van der Waals surface area contributed by atoms with Crippen molar-refractivity contribution < 1.29 is 9.32 Å². The Balaban J connectivity index is 1.38. The normalized spacial score (nSPS) is 20.7. The summed E-state index contributed by atoms with van der Waals surface area (Å²) in [4.78, 5) is 20.7. The van der Waals surface area contributed by atoms with E-state index in [4.69, 9.17) is 4.52 Å². The minimum absolute atomic E-state index is 0.0795. The van der Waals surface area contributed by atoms with Gasteiger partial charge in [0.2, 0.25) is 11.7 Å². The lowest BCUT2D eigenvalue weighted by atomic mass is 10.0. The van der Waals surface area contributed by atoms with Crippen LogP contribution >= 0.6 is 0 Å². The van der Waals surface area contributed by atoms with E-state index < -0.39 is 0 Å². The first kappa shape index (κ1) is 16.1. The molecular formula is C18H23N5O2. The van der Waals surface area contributed by atoms with E-state index in [0.29, 0.717) is 17.8 Å². The number of rotatable bonds is 4. The van der Waals surface area contributed by atoms with Crippen LogP contribution in [0.2, 0.25) is 0 Å². The molecule has 0 spiro atoms. The Labute approximate surface area is 147 Å². The van der Waals surface area contributed by atoms with E-state index in [1.165, 1.54) is 0 Å². The molecule has 2 saturated heterocycles. The molecule has 0 radical (unpaired) electrons. The number of hydrogen-bond acceptors (Lipinski definition) is 5. The van der Waals surface area contributed by atoms with Crippen LogP contribution < -0.4 is 5.32 Å². The molecule has 4 rings (SSSR count). The molecule has 2 aliphatic heterocycles. The highest BCUT2D eigenvalue weighted by Gasteiger charge is 2.33. The Morgan fingerprint density at radius 2 is 1.96 bits per heavy atom. The molecule has 0 bridgehead atoms. The van der Waals surface area contributed by atoms with E-state index in [9.17, 15) is 4.79 Å². The van der Waals surface area contributed by atoms with Gasteiger partial charge in [-0.15, -0.1) is 0 Å². The van der Waals surface area contributed by atoms with Crippen LogP contribution in [0.15, 0.2) is 34.9 Å². The van der Waals surface area contributed by atoms with E-state index in [2.05, 4.69) is 27.3 Å². The van der Waals surface area contributed by atoms with Crippen LogP contribution in [-0.4, -0.2) is 58.2 Å². The lowest BCUT2D eigenvalue weighted by molar-refractivity contribution is 0.0981. The number of carbonyl (C=O) groups excluding carboxylic acids is 1. The average Bonchev–Trinajstić information content (AvgIpc) is 3.31. The Bertz CT molecular complexity index is 724. The molecular weight excluding hydrogens is 318 g/mol. The number of likely N-dealkylation sites (tertiary alicyclic amines) is 1. The number of piperidine rings is 1. The third-order valence-electron chi connectivity index (χ3n) is 5.21. The molecule has 0 saturated carbocycles. The summed E-state index contributed by atoms with van der Waals surface area (Å²) >= 11 is 0. The van der Waals surface area contributed by atoms with Crippen molar-refractivity contribution in [3.63, 3.8) is 0 Å². The van der Waals surface area contributed by atoms with E-state index in [1.807, 2.05) is 35.2 Å². The molecule has 7 heteroatoms. The van der Waals surface area contributed by atoms with Gasteiger partial charge in [-0.25, -0.2) is 4.79 Å². The van der Waals surface area contributed by atoms with Gasteiger partial charge in [-0.1, -0.05) is 35.5 Å². The summed E-state index contributed by atoms with van der Waals surface area (Å²) in [6.07, 6.45) is 1.97. The average molecular weight is 341 g/mol. The second kappa shape index (κ2) is 6.84. The number of nitrogens with one attached hydrogen (secondary N) is 1. The molecule has 1 N–H and O–H groups in total. The first-order valence-electron chi connectivity index (χ1n) is 8.90. The first-order chi connectivity index (χ1) is 12.2. The second-order valence-electron chi connectivity index (χ2n) is 6.69. The van der Waals surface area contributed by atoms with Crippen molar-refractivity contribution in [3.05, 3.63) is 36.2 Å². The molecule has 1 unspecified atom stereocenters. The Morgan fingerprint density at radius 1 is 1.20 bits per heavy atom. The molecule has 2 fully saturated rings. The highest BCUT2D eigenvalue weighted by Crippen LogP contribution is 2.27. The zero-order valence-corrected chi connectivity index (χ0v) is 14.4. The maximum Gasteiger partial charge on any atom is 0.317 e. The third-order valence-corrected chi connectivity index (χ3v) is 5.21. The van der Waals surface area contributed by atoms with Gasteiger partial charge in [0.15, 0.2) is 0 Å². The maximum atomic E-state index is 11.8. The number of carbonyl (C=O) groups is 1. The molecule has 7 nitrogen and oxygen atoms in total. The summed E-state index contributed by atoms with van der Waals surface area (Å²) in [7, 11) is 0. The summed E-state index contributed by atoms with van der Waals surface area (Å²) < 4.78 is 5.50. The first-order valence-corrected chi connectivity index (χ1v) is 8.90. The van der Waals surface area contributed by atoms with Gasteiger partial charge in [0, 0.05) is 37.8 Å². The number of hydrogen-bond donors (Lipinski definition) is 1. The molecule has 1 atom stereocenters. The molecule has 1 aromatic heterocycles. The molecule has 1 aromatic carbocycles. The topological polar surface area (TPSA) is 74.5 Å². The number of aromatic nitrogens is 2. The van der Waals surface area contributed by atoms with Crippen LogP contribution in [0.5, 0.6) is 0 Å². The smallest absolute Gasteiger partial charge is 0.317 e. The number of amides is 2. The highest BCUT2D eigenvalue weighted by atomic mass is 16.5. The fraction of sp³-hybridized carbons (Fsp3) is 0.500. The van der Waals surface area contributed by atoms with Crippen LogP contribution in [0.1, 0.15) is 31.7 Å². The molecule has 25 heavy (non-hydrogen) atoms. The molecule has 132 valence electrons. The van der Waals surface area contributed by atoms with Gasteiger partial charge in [0.05, 0.1) is 6.04 Å². The van der Waals surface area contributed by atoms with Gasteiger partial charge in [-0.2, -0.15) is 4.98 Å². The predicted molar refractivity (Wildman–Crippen MR) is 92.8 cm³/mol. The van der Waals surface area contributed by atoms with Crippen LogP contribution in [-0.2, 0) is 0 Å². The molecule has 3 heterocycles. The van der Waals surface area contributed by atoms with Crippen LogP contribution in [0, 0.1) is 0 Å².